The minimum atomic E-state index is 0.0863. The maximum Gasteiger partial charge on any atom is 0.265 e. The monoisotopic (exact) mass is 323 g/mol. The van der Waals surface area contributed by atoms with Crippen LogP contribution in [0.2, 0.25) is 0 Å². The van der Waals surface area contributed by atoms with Gasteiger partial charge in [0.15, 0.2) is 0 Å². The van der Waals surface area contributed by atoms with Crippen LogP contribution in [0.25, 0.3) is 0 Å². The molecule has 0 aliphatic rings. The van der Waals surface area contributed by atoms with E-state index in [0.29, 0.717) is 13.1 Å². The summed E-state index contributed by atoms with van der Waals surface area (Å²) in [7, 11) is 0. The molecule has 18 heavy (non-hydrogen) atoms. The summed E-state index contributed by atoms with van der Waals surface area (Å²) in [6.07, 6.45) is 0. The summed E-state index contributed by atoms with van der Waals surface area (Å²) >= 11 is 4.89. The molecule has 0 unspecified atom stereocenters. The molecule has 0 aliphatic heterocycles. The Morgan fingerprint density at radius 3 is 2.56 bits per heavy atom. The Morgan fingerprint density at radius 1 is 1.28 bits per heavy atom. The van der Waals surface area contributed by atoms with Crippen molar-refractivity contribution in [3.05, 3.63) is 56.7 Å². The lowest BCUT2D eigenvalue weighted by atomic mass is 10.2. The van der Waals surface area contributed by atoms with Crippen LogP contribution < -0.4 is 0 Å². The fourth-order valence-electron chi connectivity index (χ4n) is 1.72. The molecule has 0 spiro atoms. The lowest BCUT2D eigenvalue weighted by Gasteiger charge is -2.20. The maximum atomic E-state index is 12.4. The van der Waals surface area contributed by atoms with Crippen LogP contribution in [0.1, 0.15) is 22.2 Å². The highest BCUT2D eigenvalue weighted by atomic mass is 79.9. The Labute approximate surface area is 119 Å². The number of hydrogen-bond acceptors (Lipinski definition) is 2. The van der Waals surface area contributed by atoms with E-state index in [4.69, 9.17) is 0 Å². The average Bonchev–Trinajstić information content (AvgIpc) is 2.82. The Hall–Kier alpha value is -1.13. The number of nitrogens with zero attached hydrogens (tertiary/aromatic N) is 1. The van der Waals surface area contributed by atoms with Crippen molar-refractivity contribution in [1.82, 2.24) is 4.90 Å². The van der Waals surface area contributed by atoms with Crippen LogP contribution in [0, 0.1) is 0 Å². The molecule has 0 atom stereocenters. The summed E-state index contributed by atoms with van der Waals surface area (Å²) in [5.74, 6) is 0.0863. The molecule has 1 aromatic carbocycles. The second-order valence-electron chi connectivity index (χ2n) is 3.90. The third kappa shape index (κ3) is 3.00. The van der Waals surface area contributed by atoms with Crippen molar-refractivity contribution in [3.8, 4) is 0 Å². The molecule has 94 valence electrons. The molecular weight excluding hydrogens is 310 g/mol. The van der Waals surface area contributed by atoms with Crippen LogP contribution in [-0.4, -0.2) is 17.4 Å². The second kappa shape index (κ2) is 6.16. The Bertz CT molecular complexity index is 524. The van der Waals surface area contributed by atoms with Gasteiger partial charge in [0.05, 0.1) is 0 Å². The molecule has 1 amide bonds. The van der Waals surface area contributed by atoms with E-state index >= 15 is 0 Å². The lowest BCUT2D eigenvalue weighted by molar-refractivity contribution is 0.0756. The van der Waals surface area contributed by atoms with Crippen LogP contribution in [0.4, 0.5) is 0 Å². The van der Waals surface area contributed by atoms with Crippen molar-refractivity contribution >= 4 is 33.2 Å². The first kappa shape index (κ1) is 13.3. The third-order valence-electron chi connectivity index (χ3n) is 2.70. The number of carbonyl (C=O) groups excluding carboxylic acids is 1. The van der Waals surface area contributed by atoms with Crippen molar-refractivity contribution in [3.63, 3.8) is 0 Å². The molecule has 2 nitrogen and oxygen atoms in total. The molecule has 0 fully saturated rings. The standard InChI is InChI=1S/C14H14BrNOS/c1-2-16(10-11-6-4-3-5-7-11)14(17)13-12(15)8-9-18-13/h3-9H,2,10H2,1H3. The zero-order valence-electron chi connectivity index (χ0n) is 10.1. The molecule has 0 N–H and O–H groups in total. The van der Waals surface area contributed by atoms with Crippen LogP contribution in [0.15, 0.2) is 46.3 Å². The minimum absolute atomic E-state index is 0.0863. The van der Waals surface area contributed by atoms with Gasteiger partial charge < -0.3 is 4.90 Å². The van der Waals surface area contributed by atoms with Gasteiger partial charge in [-0.2, -0.15) is 0 Å². The van der Waals surface area contributed by atoms with Crippen molar-refractivity contribution < 1.29 is 4.79 Å². The van der Waals surface area contributed by atoms with Crippen molar-refractivity contribution in [2.45, 2.75) is 13.5 Å². The molecule has 1 heterocycles. The number of rotatable bonds is 4. The van der Waals surface area contributed by atoms with E-state index < -0.39 is 0 Å². The van der Waals surface area contributed by atoms with Crippen LogP contribution >= 0.6 is 27.3 Å². The van der Waals surface area contributed by atoms with E-state index in [1.165, 1.54) is 11.3 Å². The van der Waals surface area contributed by atoms with Gasteiger partial charge in [-0.15, -0.1) is 11.3 Å². The molecule has 1 aromatic heterocycles. The van der Waals surface area contributed by atoms with Crippen LogP contribution in [0.5, 0.6) is 0 Å². The first-order chi connectivity index (χ1) is 8.72. The smallest absolute Gasteiger partial charge is 0.265 e. The predicted molar refractivity (Wildman–Crippen MR) is 78.9 cm³/mol. The zero-order valence-corrected chi connectivity index (χ0v) is 12.5. The Morgan fingerprint density at radius 2 is 2.00 bits per heavy atom. The van der Waals surface area contributed by atoms with E-state index in [2.05, 4.69) is 15.9 Å². The fourth-order valence-corrected chi connectivity index (χ4v) is 3.23. The van der Waals surface area contributed by atoms with Gasteiger partial charge in [-0.25, -0.2) is 0 Å². The normalized spacial score (nSPS) is 10.3. The maximum absolute atomic E-state index is 12.4. The average molecular weight is 324 g/mol. The highest BCUT2D eigenvalue weighted by Crippen LogP contribution is 2.24. The summed E-state index contributed by atoms with van der Waals surface area (Å²) in [4.78, 5) is 15.0. The van der Waals surface area contributed by atoms with Gasteiger partial charge in [0.2, 0.25) is 0 Å². The number of carbonyl (C=O) groups is 1. The number of benzene rings is 1. The van der Waals surface area contributed by atoms with Gasteiger partial charge >= 0.3 is 0 Å². The Kier molecular flexibility index (Phi) is 4.55. The highest BCUT2D eigenvalue weighted by molar-refractivity contribution is 9.10. The molecular formula is C14H14BrNOS. The van der Waals surface area contributed by atoms with Crippen molar-refractivity contribution in [2.24, 2.45) is 0 Å². The predicted octanol–water partition coefficient (Wildman–Crippen LogP) is 4.17. The molecule has 0 saturated carbocycles. The molecule has 4 heteroatoms. The highest BCUT2D eigenvalue weighted by Gasteiger charge is 2.18. The van der Waals surface area contributed by atoms with Crippen LogP contribution in [0.3, 0.4) is 0 Å². The van der Waals surface area contributed by atoms with Gasteiger partial charge in [-0.05, 0) is 39.9 Å². The van der Waals surface area contributed by atoms with E-state index in [0.717, 1.165) is 14.9 Å². The number of halogens is 1. The Balaban J connectivity index is 2.15. The second-order valence-corrected chi connectivity index (χ2v) is 5.67. The summed E-state index contributed by atoms with van der Waals surface area (Å²) in [5.41, 5.74) is 1.15. The van der Waals surface area contributed by atoms with E-state index in [9.17, 15) is 4.79 Å². The van der Waals surface area contributed by atoms with E-state index in [1.807, 2.05) is 53.6 Å². The first-order valence-corrected chi connectivity index (χ1v) is 7.45. The van der Waals surface area contributed by atoms with Gasteiger partial charge in [0, 0.05) is 17.6 Å². The van der Waals surface area contributed by atoms with E-state index in [-0.39, 0.29) is 5.91 Å². The summed E-state index contributed by atoms with van der Waals surface area (Å²) < 4.78 is 0.879. The first-order valence-electron chi connectivity index (χ1n) is 5.78. The zero-order chi connectivity index (χ0) is 13.0. The lowest BCUT2D eigenvalue weighted by Crippen LogP contribution is -2.29. The molecule has 0 saturated heterocycles. The topological polar surface area (TPSA) is 20.3 Å². The number of amides is 1. The van der Waals surface area contributed by atoms with Gasteiger partial charge in [0.25, 0.3) is 5.91 Å². The fraction of sp³-hybridized carbons (Fsp3) is 0.214. The van der Waals surface area contributed by atoms with Gasteiger partial charge in [-0.1, -0.05) is 30.3 Å². The third-order valence-corrected chi connectivity index (χ3v) is 4.52. The van der Waals surface area contributed by atoms with Crippen molar-refractivity contribution in [1.29, 1.82) is 0 Å². The molecule has 2 aromatic rings. The molecule has 2 rings (SSSR count). The summed E-state index contributed by atoms with van der Waals surface area (Å²) in [5, 5.41) is 1.92. The number of hydrogen-bond donors (Lipinski definition) is 0. The quantitative estimate of drug-likeness (QED) is 0.826. The molecule has 0 bridgehead atoms. The molecule has 0 radical (unpaired) electrons. The van der Waals surface area contributed by atoms with Crippen LogP contribution in [-0.2, 0) is 6.54 Å². The summed E-state index contributed by atoms with van der Waals surface area (Å²) in [6.45, 7) is 3.36. The van der Waals surface area contributed by atoms with E-state index in [1.54, 1.807) is 0 Å². The minimum Gasteiger partial charge on any atom is -0.334 e. The van der Waals surface area contributed by atoms with Gasteiger partial charge in [-0.3, -0.25) is 4.79 Å². The van der Waals surface area contributed by atoms with Gasteiger partial charge in [0.1, 0.15) is 4.88 Å². The molecule has 0 aliphatic carbocycles. The summed E-state index contributed by atoms with van der Waals surface area (Å²) in [6, 6.07) is 12.0. The SMILES string of the molecule is CCN(Cc1ccccc1)C(=O)c1sccc1Br. The largest absolute Gasteiger partial charge is 0.334 e. The number of thiophene rings is 1. The van der Waals surface area contributed by atoms with Crippen molar-refractivity contribution in [2.75, 3.05) is 6.54 Å².